The van der Waals surface area contributed by atoms with Gasteiger partial charge in [-0.25, -0.2) is 9.18 Å². The largest absolute Gasteiger partial charge is 0.478 e. The number of benzene rings is 1. The fourth-order valence-corrected chi connectivity index (χ4v) is 3.05. The number of rotatable bonds is 3. The second kappa shape index (κ2) is 6.11. The number of carbonyl (C=O) groups excluding carboxylic acids is 1. The predicted octanol–water partition coefficient (Wildman–Crippen LogP) is 2.87. The first-order valence-corrected chi connectivity index (χ1v) is 8.02. The summed E-state index contributed by atoms with van der Waals surface area (Å²) in [4.78, 5) is 30.3. The zero-order chi connectivity index (χ0) is 18.3. The molecule has 0 spiro atoms. The van der Waals surface area contributed by atoms with E-state index in [-0.39, 0.29) is 17.0 Å². The van der Waals surface area contributed by atoms with Gasteiger partial charge in [-0.05, 0) is 36.4 Å². The van der Waals surface area contributed by atoms with Gasteiger partial charge in [-0.15, -0.1) is 0 Å². The van der Waals surface area contributed by atoms with Crippen LogP contribution in [0.1, 0.15) is 26.4 Å². The van der Waals surface area contributed by atoms with Crippen LogP contribution < -0.4 is 5.32 Å². The maximum absolute atomic E-state index is 14.3. The number of carboxylic acid groups (broad SMARTS) is 1. The zero-order valence-electron chi connectivity index (χ0n) is 13.5. The van der Waals surface area contributed by atoms with E-state index in [1.54, 1.807) is 24.4 Å². The molecule has 1 aromatic carbocycles. The molecule has 130 valence electrons. The molecule has 1 amide bonds. The van der Waals surface area contributed by atoms with E-state index in [9.17, 15) is 14.0 Å². The molecule has 26 heavy (non-hydrogen) atoms. The van der Waals surface area contributed by atoms with E-state index in [1.165, 1.54) is 12.1 Å². The summed E-state index contributed by atoms with van der Waals surface area (Å²) >= 11 is 0. The molecule has 2 aromatic heterocycles. The predicted molar refractivity (Wildman–Crippen MR) is 92.4 cm³/mol. The van der Waals surface area contributed by atoms with Gasteiger partial charge in [0.15, 0.2) is 0 Å². The van der Waals surface area contributed by atoms with Crippen molar-refractivity contribution in [3.8, 4) is 22.5 Å². The molecule has 4 rings (SSSR count). The highest BCUT2D eigenvalue weighted by Gasteiger charge is 2.20. The minimum absolute atomic E-state index is 0.113. The number of amides is 1. The monoisotopic (exact) mass is 351 g/mol. The molecule has 6 nitrogen and oxygen atoms in total. The Morgan fingerprint density at radius 2 is 2.00 bits per heavy atom. The molecule has 0 atom stereocenters. The number of halogens is 1. The summed E-state index contributed by atoms with van der Waals surface area (Å²) in [6.45, 7) is 0.592. The lowest BCUT2D eigenvalue weighted by Gasteiger charge is -2.11. The van der Waals surface area contributed by atoms with E-state index in [4.69, 9.17) is 5.11 Å². The first kappa shape index (κ1) is 16.0. The van der Waals surface area contributed by atoms with Crippen LogP contribution in [0.3, 0.4) is 0 Å². The van der Waals surface area contributed by atoms with Gasteiger partial charge in [0.05, 0.1) is 16.8 Å². The minimum Gasteiger partial charge on any atom is -0.478 e. The number of hydrogen-bond acceptors (Lipinski definition) is 3. The van der Waals surface area contributed by atoms with E-state index in [2.05, 4.69) is 15.3 Å². The van der Waals surface area contributed by atoms with Crippen molar-refractivity contribution < 1.29 is 19.1 Å². The van der Waals surface area contributed by atoms with Gasteiger partial charge in [-0.2, -0.15) is 0 Å². The molecule has 3 aromatic rings. The van der Waals surface area contributed by atoms with E-state index in [0.29, 0.717) is 17.8 Å². The van der Waals surface area contributed by atoms with Gasteiger partial charge in [0, 0.05) is 41.7 Å². The van der Waals surface area contributed by atoms with Crippen molar-refractivity contribution in [2.75, 3.05) is 6.54 Å². The zero-order valence-corrected chi connectivity index (χ0v) is 13.5. The summed E-state index contributed by atoms with van der Waals surface area (Å²) in [5, 5.41) is 11.7. The number of nitrogens with one attached hydrogen (secondary N) is 2. The first-order valence-electron chi connectivity index (χ1n) is 8.02. The van der Waals surface area contributed by atoms with Crippen LogP contribution in [0, 0.1) is 5.82 Å². The van der Waals surface area contributed by atoms with Gasteiger partial charge >= 0.3 is 5.97 Å². The Bertz CT molecular complexity index is 1040. The number of aromatic carboxylic acids is 1. The third kappa shape index (κ3) is 2.73. The fourth-order valence-electron chi connectivity index (χ4n) is 3.05. The summed E-state index contributed by atoms with van der Waals surface area (Å²) in [6.07, 6.45) is 2.28. The number of aromatic nitrogens is 2. The van der Waals surface area contributed by atoms with E-state index >= 15 is 0 Å². The number of aromatic amines is 1. The second-order valence-corrected chi connectivity index (χ2v) is 6.01. The second-order valence-electron chi connectivity index (χ2n) is 6.01. The SMILES string of the molecule is O=C(O)c1ccc(-c2cc(-c3cc4c([nH]3)CCNC4=O)ccn2)c(F)c1. The van der Waals surface area contributed by atoms with Gasteiger partial charge in [-0.3, -0.25) is 9.78 Å². The lowest BCUT2D eigenvalue weighted by molar-refractivity contribution is 0.0696. The normalized spacial score (nSPS) is 13.2. The molecular formula is C19H14FN3O3. The molecular weight excluding hydrogens is 337 g/mol. The molecule has 1 aliphatic rings. The molecule has 3 heterocycles. The Balaban J connectivity index is 1.74. The Morgan fingerprint density at radius 1 is 1.15 bits per heavy atom. The highest BCUT2D eigenvalue weighted by atomic mass is 19.1. The summed E-state index contributed by atoms with van der Waals surface area (Å²) in [5.41, 5.74) is 3.48. The topological polar surface area (TPSA) is 95.1 Å². The quantitative estimate of drug-likeness (QED) is 0.676. The van der Waals surface area contributed by atoms with Gasteiger partial charge < -0.3 is 15.4 Å². The molecule has 0 aliphatic carbocycles. The third-order valence-electron chi connectivity index (χ3n) is 4.37. The Labute approximate surface area is 147 Å². The average Bonchev–Trinajstić information content (AvgIpc) is 3.07. The van der Waals surface area contributed by atoms with Crippen molar-refractivity contribution in [3.05, 3.63) is 65.2 Å². The van der Waals surface area contributed by atoms with Crippen molar-refractivity contribution in [3.63, 3.8) is 0 Å². The highest BCUT2D eigenvalue weighted by Crippen LogP contribution is 2.28. The first-order chi connectivity index (χ1) is 12.5. The van der Waals surface area contributed by atoms with E-state index < -0.39 is 11.8 Å². The fraction of sp³-hybridized carbons (Fsp3) is 0.105. The molecule has 3 N–H and O–H groups in total. The van der Waals surface area contributed by atoms with Gasteiger partial charge in [0.2, 0.25) is 0 Å². The number of nitrogens with zero attached hydrogens (tertiary/aromatic N) is 1. The molecule has 0 radical (unpaired) electrons. The number of carbonyl (C=O) groups is 2. The number of fused-ring (bicyclic) bond motifs is 1. The number of pyridine rings is 1. The number of carboxylic acids is 1. The smallest absolute Gasteiger partial charge is 0.335 e. The summed E-state index contributed by atoms with van der Waals surface area (Å²) < 4.78 is 14.3. The summed E-state index contributed by atoms with van der Waals surface area (Å²) in [5.74, 6) is -1.95. The van der Waals surface area contributed by atoms with Gasteiger partial charge in [0.25, 0.3) is 5.91 Å². The van der Waals surface area contributed by atoms with Crippen LogP contribution in [0.25, 0.3) is 22.5 Å². The Morgan fingerprint density at radius 3 is 2.73 bits per heavy atom. The van der Waals surface area contributed by atoms with Gasteiger partial charge in [-0.1, -0.05) is 0 Å². The number of hydrogen-bond donors (Lipinski definition) is 3. The van der Waals surface area contributed by atoms with Gasteiger partial charge in [0.1, 0.15) is 5.82 Å². The molecule has 0 fully saturated rings. The van der Waals surface area contributed by atoms with Crippen LogP contribution in [0.4, 0.5) is 4.39 Å². The Hall–Kier alpha value is -3.48. The Kier molecular flexibility index (Phi) is 3.76. The molecule has 0 saturated carbocycles. The van der Waals surface area contributed by atoms with Crippen molar-refractivity contribution >= 4 is 11.9 Å². The number of H-pyrrole nitrogens is 1. The summed E-state index contributed by atoms with van der Waals surface area (Å²) in [7, 11) is 0. The lowest BCUT2D eigenvalue weighted by Crippen LogP contribution is -2.31. The minimum atomic E-state index is -1.19. The maximum atomic E-state index is 14.3. The molecule has 7 heteroatoms. The molecule has 0 unspecified atom stereocenters. The standard InChI is InChI=1S/C19H14FN3O3/c20-14-7-11(19(25)26)1-2-12(14)17-8-10(3-5-21-17)16-9-13-15(23-16)4-6-22-18(13)24/h1-3,5,7-9,23H,4,6H2,(H,22,24)(H,25,26). The maximum Gasteiger partial charge on any atom is 0.335 e. The van der Waals surface area contributed by atoms with Crippen molar-refractivity contribution in [1.29, 1.82) is 0 Å². The molecule has 1 aliphatic heterocycles. The molecule has 0 saturated heterocycles. The van der Waals surface area contributed by atoms with Crippen LogP contribution >= 0.6 is 0 Å². The third-order valence-corrected chi connectivity index (χ3v) is 4.37. The average molecular weight is 351 g/mol. The highest BCUT2D eigenvalue weighted by molar-refractivity contribution is 5.97. The van der Waals surface area contributed by atoms with Crippen LogP contribution in [-0.2, 0) is 6.42 Å². The van der Waals surface area contributed by atoms with E-state index in [1.807, 2.05) is 0 Å². The van der Waals surface area contributed by atoms with Crippen molar-refractivity contribution in [1.82, 2.24) is 15.3 Å². The van der Waals surface area contributed by atoms with Crippen molar-refractivity contribution in [2.24, 2.45) is 0 Å². The van der Waals surface area contributed by atoms with Crippen LogP contribution in [0.15, 0.2) is 42.6 Å². The molecule has 0 bridgehead atoms. The van der Waals surface area contributed by atoms with Crippen LogP contribution in [0.5, 0.6) is 0 Å². The lowest BCUT2D eigenvalue weighted by atomic mass is 10.0. The van der Waals surface area contributed by atoms with Crippen molar-refractivity contribution in [2.45, 2.75) is 6.42 Å². The van der Waals surface area contributed by atoms with E-state index in [0.717, 1.165) is 29.4 Å². The summed E-state index contributed by atoms with van der Waals surface area (Å²) in [6, 6.07) is 8.96. The van der Waals surface area contributed by atoms with Crippen LogP contribution in [0.2, 0.25) is 0 Å². The van der Waals surface area contributed by atoms with Crippen LogP contribution in [-0.4, -0.2) is 33.5 Å².